The third-order valence-electron chi connectivity index (χ3n) is 12.9. The Labute approximate surface area is 439 Å². The van der Waals surface area contributed by atoms with Crippen molar-refractivity contribution < 1.29 is 28.6 Å². The number of unbranched alkanes of at least 4 members (excludes halogenated alkanes) is 29. The first-order chi connectivity index (χ1) is 35.0. The van der Waals surface area contributed by atoms with Crippen molar-refractivity contribution in [3.8, 4) is 0 Å². The molecule has 71 heavy (non-hydrogen) atoms. The van der Waals surface area contributed by atoms with Gasteiger partial charge in [-0.15, -0.1) is 0 Å². The second-order valence-electron chi connectivity index (χ2n) is 19.9. The maximum absolute atomic E-state index is 12.8. The molecule has 0 rings (SSSR count). The van der Waals surface area contributed by atoms with Gasteiger partial charge in [0.15, 0.2) is 6.10 Å². The largest absolute Gasteiger partial charge is 0.462 e. The molecule has 0 unspecified atom stereocenters. The van der Waals surface area contributed by atoms with Crippen LogP contribution in [0.3, 0.4) is 0 Å². The summed E-state index contributed by atoms with van der Waals surface area (Å²) in [5, 5.41) is 0. The molecule has 0 N–H and O–H groups in total. The van der Waals surface area contributed by atoms with Gasteiger partial charge in [0.05, 0.1) is 0 Å². The van der Waals surface area contributed by atoms with Gasteiger partial charge >= 0.3 is 17.9 Å². The van der Waals surface area contributed by atoms with Crippen molar-refractivity contribution in [1.82, 2.24) is 0 Å². The quantitative estimate of drug-likeness (QED) is 0.0261. The number of carbonyl (C=O) groups is 3. The molecule has 6 nitrogen and oxygen atoms in total. The molecule has 0 spiro atoms. The number of allylic oxidation sites excluding steroid dienone is 14. The lowest BCUT2D eigenvalue weighted by Crippen LogP contribution is -2.30. The first-order valence-corrected chi connectivity index (χ1v) is 30.1. The minimum absolute atomic E-state index is 0.108. The Morgan fingerprint density at radius 3 is 0.859 bits per heavy atom. The number of rotatable bonds is 54. The first kappa shape index (κ1) is 67.6. The number of ether oxygens (including phenoxy) is 3. The Morgan fingerprint density at radius 2 is 0.521 bits per heavy atom. The monoisotopic (exact) mass is 989 g/mol. The highest BCUT2D eigenvalue weighted by atomic mass is 16.6. The normalized spacial score (nSPS) is 12.7. The van der Waals surface area contributed by atoms with Crippen molar-refractivity contribution in [2.45, 2.75) is 297 Å². The third-order valence-corrected chi connectivity index (χ3v) is 12.9. The van der Waals surface area contributed by atoms with Crippen molar-refractivity contribution >= 4 is 17.9 Å². The maximum atomic E-state index is 12.8. The molecule has 0 amide bonds. The van der Waals surface area contributed by atoms with Gasteiger partial charge in [-0.1, -0.05) is 260 Å². The fourth-order valence-electron chi connectivity index (χ4n) is 8.33. The molecule has 0 heterocycles. The van der Waals surface area contributed by atoms with Crippen LogP contribution in [-0.4, -0.2) is 37.2 Å². The van der Waals surface area contributed by atoms with Crippen molar-refractivity contribution in [2.24, 2.45) is 0 Å². The minimum Gasteiger partial charge on any atom is -0.462 e. The highest BCUT2D eigenvalue weighted by molar-refractivity contribution is 5.71. The molecule has 408 valence electrons. The Balaban J connectivity index is 4.45. The van der Waals surface area contributed by atoms with Crippen LogP contribution in [0.25, 0.3) is 0 Å². The van der Waals surface area contributed by atoms with E-state index < -0.39 is 6.10 Å². The molecule has 0 radical (unpaired) electrons. The van der Waals surface area contributed by atoms with Gasteiger partial charge in [-0.2, -0.15) is 0 Å². The van der Waals surface area contributed by atoms with Crippen LogP contribution in [0.1, 0.15) is 290 Å². The topological polar surface area (TPSA) is 78.9 Å². The zero-order valence-electron chi connectivity index (χ0n) is 46.7. The van der Waals surface area contributed by atoms with Crippen LogP contribution in [0, 0.1) is 0 Å². The standard InChI is InChI=1S/C65H112O6/c1-4-7-10-13-16-19-22-25-28-30-31-32-33-35-37-40-43-46-49-52-55-58-64(67)70-61-62(60-69-63(66)57-54-51-48-45-42-39-36-27-24-21-18-15-12-9-6-3)71-65(68)59-56-53-50-47-44-41-38-34-29-26-23-20-17-14-11-8-5-2/h17-18,20-21,26-27,29,36,38,41-42,45,47,50,62H,4-16,19,22-25,28,30-35,37,39-40,43-44,46,48-49,51-61H2,1-3H3/b20-17-,21-18-,29-26-,36-27-,41-38-,45-42-,50-47-/t62-/m1/s1. The summed E-state index contributed by atoms with van der Waals surface area (Å²) >= 11 is 0. The van der Waals surface area contributed by atoms with Gasteiger partial charge < -0.3 is 14.2 Å². The lowest BCUT2D eigenvalue weighted by atomic mass is 10.0. The van der Waals surface area contributed by atoms with Gasteiger partial charge in [-0.25, -0.2) is 0 Å². The second kappa shape index (κ2) is 59.2. The SMILES string of the molecule is CCCCC/C=C\C/C=C\C/C=C\C/C=C\CCCC(=O)O[C@H](COC(=O)CCCC/C=C\C/C=C\C/C=C\CCCCC)COC(=O)CCCCCCCCCCCCCCCCCCCCCCC. The van der Waals surface area contributed by atoms with E-state index in [9.17, 15) is 14.4 Å². The van der Waals surface area contributed by atoms with E-state index in [2.05, 4.69) is 106 Å². The fraction of sp³-hybridized carbons (Fsp3) is 0.738. The van der Waals surface area contributed by atoms with Crippen LogP contribution >= 0.6 is 0 Å². The van der Waals surface area contributed by atoms with Gasteiger partial charge in [-0.3, -0.25) is 14.4 Å². The Hall–Kier alpha value is -3.41. The molecular weight excluding hydrogens is 877 g/mol. The molecule has 0 aliphatic heterocycles. The molecule has 0 saturated carbocycles. The van der Waals surface area contributed by atoms with E-state index in [1.54, 1.807) is 0 Å². The van der Waals surface area contributed by atoms with Gasteiger partial charge in [-0.05, 0) is 96.3 Å². The summed E-state index contributed by atoms with van der Waals surface area (Å²) in [4.78, 5) is 38.2. The average Bonchev–Trinajstić information content (AvgIpc) is 3.37. The van der Waals surface area contributed by atoms with Crippen LogP contribution in [-0.2, 0) is 28.6 Å². The Morgan fingerprint density at radius 1 is 0.282 bits per heavy atom. The zero-order valence-corrected chi connectivity index (χ0v) is 46.7. The lowest BCUT2D eigenvalue weighted by molar-refractivity contribution is -0.167. The van der Waals surface area contributed by atoms with Crippen molar-refractivity contribution in [3.63, 3.8) is 0 Å². The van der Waals surface area contributed by atoms with E-state index in [0.717, 1.165) is 77.0 Å². The summed E-state index contributed by atoms with van der Waals surface area (Å²) in [6.07, 6.45) is 77.3. The highest BCUT2D eigenvalue weighted by Crippen LogP contribution is 2.16. The maximum Gasteiger partial charge on any atom is 0.306 e. The predicted molar refractivity (Wildman–Crippen MR) is 307 cm³/mol. The van der Waals surface area contributed by atoms with E-state index in [0.29, 0.717) is 19.3 Å². The van der Waals surface area contributed by atoms with Crippen LogP contribution < -0.4 is 0 Å². The smallest absolute Gasteiger partial charge is 0.306 e. The van der Waals surface area contributed by atoms with Gasteiger partial charge in [0.2, 0.25) is 0 Å². The first-order valence-electron chi connectivity index (χ1n) is 30.1. The van der Waals surface area contributed by atoms with E-state index in [-0.39, 0.29) is 37.5 Å². The molecule has 0 saturated heterocycles. The van der Waals surface area contributed by atoms with E-state index in [1.165, 1.54) is 167 Å². The van der Waals surface area contributed by atoms with Gasteiger partial charge in [0, 0.05) is 19.3 Å². The summed E-state index contributed by atoms with van der Waals surface area (Å²) in [6, 6.07) is 0. The van der Waals surface area contributed by atoms with Crippen LogP contribution in [0.4, 0.5) is 0 Å². The molecule has 0 aromatic carbocycles. The number of carbonyl (C=O) groups excluding carboxylic acids is 3. The van der Waals surface area contributed by atoms with Crippen molar-refractivity contribution in [2.75, 3.05) is 13.2 Å². The molecule has 6 heteroatoms. The van der Waals surface area contributed by atoms with Crippen LogP contribution in [0.15, 0.2) is 85.1 Å². The van der Waals surface area contributed by atoms with Crippen LogP contribution in [0.5, 0.6) is 0 Å². The molecule has 1 atom stereocenters. The number of esters is 3. The zero-order chi connectivity index (χ0) is 51.4. The summed E-state index contributed by atoms with van der Waals surface area (Å²) in [5.41, 5.74) is 0. The van der Waals surface area contributed by atoms with Crippen molar-refractivity contribution in [3.05, 3.63) is 85.1 Å². The summed E-state index contributed by atoms with van der Waals surface area (Å²) in [5.74, 6) is -0.996. The molecular formula is C65H112O6. The van der Waals surface area contributed by atoms with E-state index in [1.807, 2.05) is 0 Å². The van der Waals surface area contributed by atoms with E-state index >= 15 is 0 Å². The van der Waals surface area contributed by atoms with Crippen LogP contribution in [0.2, 0.25) is 0 Å². The molecule has 0 aliphatic rings. The average molecular weight is 990 g/mol. The molecule has 0 aromatic heterocycles. The molecule has 0 bridgehead atoms. The molecule has 0 aliphatic carbocycles. The second-order valence-corrected chi connectivity index (χ2v) is 19.9. The summed E-state index contributed by atoms with van der Waals surface area (Å²) < 4.78 is 16.8. The Kier molecular flexibility index (Phi) is 56.3. The third kappa shape index (κ3) is 57.4. The molecule has 0 aromatic rings. The number of hydrogen-bond donors (Lipinski definition) is 0. The van der Waals surface area contributed by atoms with Crippen molar-refractivity contribution in [1.29, 1.82) is 0 Å². The van der Waals surface area contributed by atoms with Gasteiger partial charge in [0.1, 0.15) is 13.2 Å². The van der Waals surface area contributed by atoms with E-state index in [4.69, 9.17) is 14.2 Å². The van der Waals surface area contributed by atoms with Gasteiger partial charge in [0.25, 0.3) is 0 Å². The predicted octanol–water partition coefficient (Wildman–Crippen LogP) is 20.3. The minimum atomic E-state index is -0.820. The molecule has 0 fully saturated rings. The summed E-state index contributed by atoms with van der Waals surface area (Å²) in [7, 11) is 0. The lowest BCUT2D eigenvalue weighted by Gasteiger charge is -2.18. The summed E-state index contributed by atoms with van der Waals surface area (Å²) in [6.45, 7) is 6.53. The Bertz CT molecular complexity index is 1370. The number of hydrogen-bond acceptors (Lipinski definition) is 6. The fourth-order valence-corrected chi connectivity index (χ4v) is 8.33. The highest BCUT2D eigenvalue weighted by Gasteiger charge is 2.19.